The van der Waals surface area contributed by atoms with E-state index in [0.717, 1.165) is 5.56 Å². The van der Waals surface area contributed by atoms with E-state index < -0.39 is 0 Å². The second-order valence-corrected chi connectivity index (χ2v) is 4.98. The number of rotatable bonds is 2. The molecule has 0 saturated heterocycles. The van der Waals surface area contributed by atoms with Crippen LogP contribution in [0.3, 0.4) is 0 Å². The molecule has 0 aliphatic carbocycles. The fourth-order valence-electron chi connectivity index (χ4n) is 0.890. The molecule has 15 heavy (non-hydrogen) atoms. The number of halogens is 2. The van der Waals surface area contributed by atoms with E-state index >= 15 is 0 Å². The van der Waals surface area contributed by atoms with Gasteiger partial charge in [0.25, 0.3) is 0 Å². The van der Waals surface area contributed by atoms with Gasteiger partial charge in [0, 0.05) is 15.8 Å². The molecule has 1 aromatic rings. The Kier molecular flexibility index (Phi) is 5.20. The average Bonchev–Trinajstić information content (AvgIpc) is 2.17. The van der Waals surface area contributed by atoms with Crippen LogP contribution in [0, 0.1) is 11.5 Å². The molecule has 2 nitrogen and oxygen atoms in total. The van der Waals surface area contributed by atoms with Crippen molar-refractivity contribution in [1.82, 2.24) is 5.32 Å². The van der Waals surface area contributed by atoms with Crippen LogP contribution in [0.15, 0.2) is 18.2 Å². The summed E-state index contributed by atoms with van der Waals surface area (Å²) < 4.78 is 0.411. The van der Waals surface area contributed by atoms with Crippen LogP contribution in [-0.2, 0) is 5.75 Å². The summed E-state index contributed by atoms with van der Waals surface area (Å²) in [4.78, 5) is 0. The molecule has 0 aromatic heterocycles. The quantitative estimate of drug-likeness (QED) is 0.509. The summed E-state index contributed by atoms with van der Waals surface area (Å²) in [5.41, 5.74) is 0.827. The van der Waals surface area contributed by atoms with Crippen molar-refractivity contribution in [2.75, 3.05) is 0 Å². The van der Waals surface area contributed by atoms with Crippen molar-refractivity contribution in [3.05, 3.63) is 33.8 Å². The molecule has 0 aliphatic heterocycles. The van der Waals surface area contributed by atoms with Crippen molar-refractivity contribution in [3.8, 4) is 6.19 Å². The first-order valence-electron chi connectivity index (χ1n) is 3.90. The van der Waals surface area contributed by atoms with Crippen molar-refractivity contribution >= 4 is 51.5 Å². The van der Waals surface area contributed by atoms with E-state index in [1.165, 1.54) is 11.8 Å². The van der Waals surface area contributed by atoms with Gasteiger partial charge in [-0.1, -0.05) is 53.2 Å². The molecule has 0 fully saturated rings. The topological polar surface area (TPSA) is 35.8 Å². The summed E-state index contributed by atoms with van der Waals surface area (Å²) in [5.74, 6) is 0.548. The highest BCUT2D eigenvalue weighted by atomic mass is 35.5. The van der Waals surface area contributed by atoms with Crippen LogP contribution in [0.25, 0.3) is 0 Å². The number of hydrogen-bond donors (Lipinski definition) is 1. The standard InChI is InChI=1S/C9H6Cl2N2S2/c10-7-2-1-3-8(11)6(7)4-15-9(14)13-5-12/h1-3H,4H2,(H,13,14). The number of benzene rings is 1. The summed E-state index contributed by atoms with van der Waals surface area (Å²) in [7, 11) is 0. The second kappa shape index (κ2) is 6.19. The molecule has 6 heteroatoms. The minimum atomic E-state index is 0.411. The van der Waals surface area contributed by atoms with Gasteiger partial charge in [-0.3, -0.25) is 5.32 Å². The Morgan fingerprint density at radius 2 is 2.07 bits per heavy atom. The number of nitrogens with zero attached hydrogens (tertiary/aromatic N) is 1. The zero-order valence-electron chi connectivity index (χ0n) is 7.46. The minimum Gasteiger partial charge on any atom is -0.278 e. The maximum absolute atomic E-state index is 8.33. The maximum atomic E-state index is 8.33. The fraction of sp³-hybridized carbons (Fsp3) is 0.111. The molecule has 0 bridgehead atoms. The number of thiocarbonyl (C=S) groups is 1. The van der Waals surface area contributed by atoms with Crippen LogP contribution in [0.5, 0.6) is 0 Å². The Labute approximate surface area is 108 Å². The lowest BCUT2D eigenvalue weighted by Gasteiger charge is -2.05. The van der Waals surface area contributed by atoms with Gasteiger partial charge >= 0.3 is 0 Å². The largest absolute Gasteiger partial charge is 0.278 e. The van der Waals surface area contributed by atoms with Crippen LogP contribution in [0.4, 0.5) is 0 Å². The molecule has 0 atom stereocenters. The van der Waals surface area contributed by atoms with Gasteiger partial charge in [0.1, 0.15) is 4.32 Å². The number of thioether (sulfide) groups is 1. The number of hydrogen-bond acceptors (Lipinski definition) is 3. The molecule has 0 amide bonds. The zero-order chi connectivity index (χ0) is 11.3. The van der Waals surface area contributed by atoms with E-state index in [1.54, 1.807) is 24.4 Å². The first kappa shape index (κ1) is 12.6. The highest BCUT2D eigenvalue weighted by molar-refractivity contribution is 8.22. The Bertz CT molecular complexity index is 395. The van der Waals surface area contributed by atoms with Gasteiger partial charge in [-0.25, -0.2) is 0 Å². The van der Waals surface area contributed by atoms with Gasteiger partial charge in [0.15, 0.2) is 6.19 Å². The van der Waals surface area contributed by atoms with Crippen LogP contribution >= 0.6 is 47.2 Å². The monoisotopic (exact) mass is 276 g/mol. The van der Waals surface area contributed by atoms with Crippen LogP contribution in [0.1, 0.15) is 5.56 Å². The first-order valence-corrected chi connectivity index (χ1v) is 6.05. The van der Waals surface area contributed by atoms with Crippen LogP contribution < -0.4 is 5.32 Å². The zero-order valence-corrected chi connectivity index (χ0v) is 10.6. The van der Waals surface area contributed by atoms with Gasteiger partial charge in [0.05, 0.1) is 0 Å². The van der Waals surface area contributed by atoms with E-state index in [2.05, 4.69) is 5.32 Å². The van der Waals surface area contributed by atoms with Gasteiger partial charge in [-0.05, 0) is 17.7 Å². The molecule has 1 aromatic carbocycles. The Hall–Kier alpha value is -0.470. The van der Waals surface area contributed by atoms with Gasteiger partial charge in [-0.15, -0.1) is 0 Å². The number of nitrogens with one attached hydrogen (secondary N) is 1. The van der Waals surface area contributed by atoms with Gasteiger partial charge in [-0.2, -0.15) is 5.26 Å². The van der Waals surface area contributed by atoms with Crippen molar-refractivity contribution < 1.29 is 0 Å². The van der Waals surface area contributed by atoms with Crippen molar-refractivity contribution in [2.45, 2.75) is 5.75 Å². The van der Waals surface area contributed by atoms with E-state index in [-0.39, 0.29) is 0 Å². The van der Waals surface area contributed by atoms with Crippen molar-refractivity contribution in [3.63, 3.8) is 0 Å². The third-order valence-electron chi connectivity index (χ3n) is 1.57. The molecule has 1 rings (SSSR count). The van der Waals surface area contributed by atoms with E-state index in [0.29, 0.717) is 20.1 Å². The Morgan fingerprint density at radius 1 is 1.47 bits per heavy atom. The summed E-state index contributed by atoms with van der Waals surface area (Å²) in [6, 6.07) is 5.32. The van der Waals surface area contributed by atoms with Gasteiger partial charge < -0.3 is 0 Å². The van der Waals surface area contributed by atoms with Gasteiger partial charge in [0.2, 0.25) is 0 Å². The molecule has 0 radical (unpaired) electrons. The van der Waals surface area contributed by atoms with Crippen molar-refractivity contribution in [2.24, 2.45) is 0 Å². The lowest BCUT2D eigenvalue weighted by Crippen LogP contribution is -2.10. The van der Waals surface area contributed by atoms with Crippen molar-refractivity contribution in [1.29, 1.82) is 5.26 Å². The molecule has 1 N–H and O–H groups in total. The lowest BCUT2D eigenvalue weighted by molar-refractivity contribution is 1.31. The number of nitriles is 1. The Morgan fingerprint density at radius 3 is 2.60 bits per heavy atom. The summed E-state index contributed by atoms with van der Waals surface area (Å²) >= 11 is 18.1. The lowest BCUT2D eigenvalue weighted by atomic mass is 10.2. The normalized spacial score (nSPS) is 9.40. The first-order chi connectivity index (χ1) is 7.15. The molecule has 0 heterocycles. The maximum Gasteiger partial charge on any atom is 0.182 e. The minimum absolute atomic E-state index is 0.411. The SMILES string of the molecule is N#CNC(=S)SCc1c(Cl)cccc1Cl. The predicted octanol–water partition coefficient (Wildman–Crippen LogP) is 3.58. The highest BCUT2D eigenvalue weighted by Gasteiger charge is 2.06. The molecule has 0 saturated carbocycles. The second-order valence-electron chi connectivity index (χ2n) is 2.51. The fourth-order valence-corrected chi connectivity index (χ4v) is 2.51. The van der Waals surface area contributed by atoms with E-state index in [9.17, 15) is 0 Å². The molecule has 0 spiro atoms. The molecule has 0 aliphatic rings. The summed E-state index contributed by atoms with van der Waals surface area (Å²) in [5, 5.41) is 11.9. The predicted molar refractivity (Wildman–Crippen MR) is 69.1 cm³/mol. The molecule has 0 unspecified atom stereocenters. The van der Waals surface area contributed by atoms with Crippen LogP contribution in [0.2, 0.25) is 10.0 Å². The smallest absolute Gasteiger partial charge is 0.182 e. The van der Waals surface area contributed by atoms with Crippen LogP contribution in [-0.4, -0.2) is 4.32 Å². The summed E-state index contributed by atoms with van der Waals surface area (Å²) in [6.07, 6.45) is 1.75. The average molecular weight is 277 g/mol. The molecular formula is C9H6Cl2N2S2. The summed E-state index contributed by atoms with van der Waals surface area (Å²) in [6.45, 7) is 0. The third kappa shape index (κ3) is 3.88. The molecular weight excluding hydrogens is 271 g/mol. The van der Waals surface area contributed by atoms with E-state index in [4.69, 9.17) is 40.7 Å². The highest BCUT2D eigenvalue weighted by Crippen LogP contribution is 2.28. The Balaban J connectivity index is 2.66. The third-order valence-corrected chi connectivity index (χ3v) is 3.53. The van der Waals surface area contributed by atoms with E-state index in [1.807, 2.05) is 0 Å². The molecule has 78 valence electrons.